The summed E-state index contributed by atoms with van der Waals surface area (Å²) in [5, 5.41) is 9.79. The predicted molar refractivity (Wildman–Crippen MR) is 79.5 cm³/mol. The summed E-state index contributed by atoms with van der Waals surface area (Å²) in [6, 6.07) is 1.78. The van der Waals surface area contributed by atoms with Gasteiger partial charge in [-0.05, 0) is 34.8 Å². The van der Waals surface area contributed by atoms with E-state index in [2.05, 4.69) is 15.9 Å². The molecule has 0 aromatic heterocycles. The molecule has 1 N–H and O–H groups in total. The molecule has 6 heteroatoms. The number of rotatable bonds is 3. The van der Waals surface area contributed by atoms with Crippen LogP contribution in [-0.2, 0) is 10.2 Å². The Morgan fingerprint density at radius 1 is 1.33 bits per heavy atom. The standard InChI is InChI=1S/C15H17BrO5/c1-19-12-9(15(14(17)18)4-2-3-5-15)8-10-13(11(12)16)21-7-6-20-10/h8H,2-7H2,1H3,(H,17,18). The average molecular weight is 357 g/mol. The van der Waals surface area contributed by atoms with E-state index in [1.165, 1.54) is 0 Å². The first kappa shape index (κ1) is 14.5. The van der Waals surface area contributed by atoms with Crippen molar-refractivity contribution in [2.45, 2.75) is 31.1 Å². The molecule has 1 aliphatic heterocycles. The molecule has 5 nitrogen and oxygen atoms in total. The SMILES string of the molecule is COc1c(C2(C(=O)O)CCCC2)cc2c(c1Br)OCCO2. The average Bonchev–Trinajstić information content (AvgIpc) is 2.98. The fraction of sp³-hybridized carbons (Fsp3) is 0.533. The van der Waals surface area contributed by atoms with Crippen LogP contribution in [0, 0.1) is 0 Å². The number of halogens is 1. The normalized spacial score (nSPS) is 19.3. The number of ether oxygens (including phenoxy) is 3. The van der Waals surface area contributed by atoms with Gasteiger partial charge in [-0.3, -0.25) is 4.79 Å². The number of fused-ring (bicyclic) bond motifs is 1. The molecule has 2 aliphatic rings. The molecule has 1 aromatic carbocycles. The van der Waals surface area contributed by atoms with Gasteiger partial charge in [0, 0.05) is 5.56 Å². The Bertz CT molecular complexity index is 578. The molecule has 0 radical (unpaired) electrons. The van der Waals surface area contributed by atoms with Gasteiger partial charge in [0.2, 0.25) is 0 Å². The van der Waals surface area contributed by atoms with Crippen LogP contribution in [0.5, 0.6) is 17.2 Å². The number of carboxylic acid groups (broad SMARTS) is 1. The molecular weight excluding hydrogens is 340 g/mol. The summed E-state index contributed by atoms with van der Waals surface area (Å²) in [6.45, 7) is 0.934. The van der Waals surface area contributed by atoms with Gasteiger partial charge in [-0.1, -0.05) is 12.8 Å². The molecule has 0 amide bonds. The lowest BCUT2D eigenvalue weighted by molar-refractivity contribution is -0.143. The monoisotopic (exact) mass is 356 g/mol. The molecule has 0 bridgehead atoms. The van der Waals surface area contributed by atoms with E-state index < -0.39 is 11.4 Å². The van der Waals surface area contributed by atoms with Gasteiger partial charge in [-0.15, -0.1) is 0 Å². The first-order valence-corrected chi connectivity index (χ1v) is 7.79. The van der Waals surface area contributed by atoms with Gasteiger partial charge < -0.3 is 19.3 Å². The molecule has 1 fully saturated rings. The van der Waals surface area contributed by atoms with Crippen LogP contribution in [0.3, 0.4) is 0 Å². The molecule has 114 valence electrons. The second kappa shape index (κ2) is 5.40. The summed E-state index contributed by atoms with van der Waals surface area (Å²) in [5.74, 6) is 0.891. The Labute approximate surface area is 131 Å². The summed E-state index contributed by atoms with van der Waals surface area (Å²) in [4.78, 5) is 11.9. The first-order chi connectivity index (χ1) is 10.1. The fourth-order valence-electron chi connectivity index (χ4n) is 3.26. The maximum absolute atomic E-state index is 11.9. The smallest absolute Gasteiger partial charge is 0.314 e. The quantitative estimate of drug-likeness (QED) is 0.901. The molecule has 1 heterocycles. The first-order valence-electron chi connectivity index (χ1n) is 7.00. The van der Waals surface area contributed by atoms with Gasteiger partial charge in [0.1, 0.15) is 23.4 Å². The van der Waals surface area contributed by atoms with E-state index in [-0.39, 0.29) is 0 Å². The molecule has 0 saturated heterocycles. The van der Waals surface area contributed by atoms with Crippen molar-refractivity contribution in [1.29, 1.82) is 0 Å². The third-order valence-corrected chi connectivity index (χ3v) is 5.04. The number of carboxylic acids is 1. The minimum absolute atomic E-state index is 0.464. The molecule has 21 heavy (non-hydrogen) atoms. The van der Waals surface area contributed by atoms with Crippen molar-refractivity contribution < 1.29 is 24.1 Å². The zero-order valence-corrected chi connectivity index (χ0v) is 13.4. The van der Waals surface area contributed by atoms with Crippen molar-refractivity contribution in [1.82, 2.24) is 0 Å². The van der Waals surface area contributed by atoms with E-state index in [0.717, 1.165) is 12.8 Å². The van der Waals surface area contributed by atoms with Crippen LogP contribution in [-0.4, -0.2) is 31.4 Å². The van der Waals surface area contributed by atoms with Crippen molar-refractivity contribution >= 4 is 21.9 Å². The lowest BCUT2D eigenvalue weighted by Crippen LogP contribution is -2.33. The molecule has 0 spiro atoms. The lowest BCUT2D eigenvalue weighted by Gasteiger charge is -2.29. The van der Waals surface area contributed by atoms with Crippen molar-refractivity contribution in [2.75, 3.05) is 20.3 Å². The minimum Gasteiger partial charge on any atom is -0.495 e. The minimum atomic E-state index is -0.899. The second-order valence-corrected chi connectivity index (χ2v) is 6.18. The number of hydrogen-bond acceptors (Lipinski definition) is 4. The highest BCUT2D eigenvalue weighted by atomic mass is 79.9. The number of benzene rings is 1. The van der Waals surface area contributed by atoms with Gasteiger partial charge in [-0.2, -0.15) is 0 Å². The third kappa shape index (κ3) is 2.16. The lowest BCUT2D eigenvalue weighted by atomic mass is 9.78. The van der Waals surface area contributed by atoms with Gasteiger partial charge >= 0.3 is 5.97 Å². The van der Waals surface area contributed by atoms with Crippen molar-refractivity contribution in [3.05, 3.63) is 16.1 Å². The summed E-state index contributed by atoms with van der Waals surface area (Å²) in [7, 11) is 1.55. The molecule has 3 rings (SSSR count). The highest BCUT2D eigenvalue weighted by molar-refractivity contribution is 9.10. The molecule has 1 aliphatic carbocycles. The zero-order valence-electron chi connectivity index (χ0n) is 11.8. The van der Waals surface area contributed by atoms with Gasteiger partial charge in [0.25, 0.3) is 0 Å². The second-order valence-electron chi connectivity index (χ2n) is 5.39. The van der Waals surface area contributed by atoms with Crippen molar-refractivity contribution in [2.24, 2.45) is 0 Å². The van der Waals surface area contributed by atoms with Crippen molar-refractivity contribution in [3.8, 4) is 17.2 Å². The van der Waals surface area contributed by atoms with Gasteiger partial charge in [0.05, 0.1) is 12.5 Å². The van der Waals surface area contributed by atoms with Crippen LogP contribution in [0.1, 0.15) is 31.2 Å². The van der Waals surface area contributed by atoms with Crippen LogP contribution in [0.2, 0.25) is 0 Å². The molecule has 1 aromatic rings. The number of aliphatic carboxylic acids is 1. The van der Waals surface area contributed by atoms with E-state index in [1.807, 2.05) is 0 Å². The number of carbonyl (C=O) groups is 1. The van der Waals surface area contributed by atoms with Crippen LogP contribution >= 0.6 is 15.9 Å². The van der Waals surface area contributed by atoms with Crippen LogP contribution in [0.15, 0.2) is 10.5 Å². The van der Waals surface area contributed by atoms with Gasteiger partial charge in [0.15, 0.2) is 11.5 Å². The Balaban J connectivity index is 2.21. The number of hydrogen-bond donors (Lipinski definition) is 1. The zero-order chi connectivity index (χ0) is 15.0. The third-order valence-electron chi connectivity index (χ3n) is 4.32. The Morgan fingerprint density at radius 2 is 2.00 bits per heavy atom. The maximum Gasteiger partial charge on any atom is 0.314 e. The Hall–Kier alpha value is -1.43. The molecular formula is C15H17BrO5. The largest absolute Gasteiger partial charge is 0.495 e. The molecule has 0 atom stereocenters. The van der Waals surface area contributed by atoms with E-state index in [0.29, 0.717) is 53.3 Å². The van der Waals surface area contributed by atoms with Crippen molar-refractivity contribution in [3.63, 3.8) is 0 Å². The molecule has 1 saturated carbocycles. The van der Waals surface area contributed by atoms with Crippen LogP contribution < -0.4 is 14.2 Å². The maximum atomic E-state index is 11.9. The number of methoxy groups -OCH3 is 1. The van der Waals surface area contributed by atoms with E-state index in [1.54, 1.807) is 13.2 Å². The predicted octanol–water partition coefficient (Wildman–Crippen LogP) is 3.13. The summed E-state index contributed by atoms with van der Waals surface area (Å²) in [5.41, 5.74) is -0.227. The van der Waals surface area contributed by atoms with E-state index in [4.69, 9.17) is 14.2 Å². The highest BCUT2D eigenvalue weighted by Gasteiger charge is 2.46. The van der Waals surface area contributed by atoms with E-state index >= 15 is 0 Å². The summed E-state index contributed by atoms with van der Waals surface area (Å²) < 4.78 is 17.3. The molecule has 0 unspecified atom stereocenters. The Morgan fingerprint density at radius 3 is 2.62 bits per heavy atom. The van der Waals surface area contributed by atoms with Crippen LogP contribution in [0.4, 0.5) is 0 Å². The van der Waals surface area contributed by atoms with Crippen LogP contribution in [0.25, 0.3) is 0 Å². The topological polar surface area (TPSA) is 65.0 Å². The fourth-order valence-corrected chi connectivity index (χ4v) is 3.95. The highest BCUT2D eigenvalue weighted by Crippen LogP contribution is 2.53. The summed E-state index contributed by atoms with van der Waals surface area (Å²) in [6.07, 6.45) is 3.04. The van der Waals surface area contributed by atoms with Gasteiger partial charge in [-0.25, -0.2) is 0 Å². The Kier molecular flexibility index (Phi) is 3.73. The summed E-state index contributed by atoms with van der Waals surface area (Å²) >= 11 is 3.48. The van der Waals surface area contributed by atoms with E-state index in [9.17, 15) is 9.90 Å².